The number of aryl methyl sites for hydroxylation is 1. The van der Waals surface area contributed by atoms with Gasteiger partial charge in [0.25, 0.3) is 0 Å². The zero-order valence-electron chi connectivity index (χ0n) is 12.9. The summed E-state index contributed by atoms with van der Waals surface area (Å²) in [6.07, 6.45) is 0.943. The molecule has 6 nitrogen and oxygen atoms in total. The van der Waals surface area contributed by atoms with Gasteiger partial charge in [-0.2, -0.15) is 14.9 Å². The van der Waals surface area contributed by atoms with Crippen LogP contribution in [-0.2, 0) is 13.0 Å². The molecule has 0 fully saturated rings. The van der Waals surface area contributed by atoms with Gasteiger partial charge in [0.1, 0.15) is 5.82 Å². The fourth-order valence-corrected chi connectivity index (χ4v) is 2.80. The molecule has 0 bridgehead atoms. The Balaban J connectivity index is 1.90. The van der Waals surface area contributed by atoms with Gasteiger partial charge in [-0.3, -0.25) is 4.90 Å². The van der Waals surface area contributed by atoms with Gasteiger partial charge in [-0.25, -0.2) is 0 Å². The molecule has 2 aromatic rings. The lowest BCUT2D eigenvalue weighted by molar-refractivity contribution is 0.226. The van der Waals surface area contributed by atoms with E-state index in [1.165, 1.54) is 0 Å². The second kappa shape index (κ2) is 5.44. The van der Waals surface area contributed by atoms with Crippen LogP contribution in [-0.4, -0.2) is 38.0 Å². The van der Waals surface area contributed by atoms with Gasteiger partial charge in [-0.05, 0) is 25.0 Å². The third-order valence-electron chi connectivity index (χ3n) is 3.78. The van der Waals surface area contributed by atoms with E-state index in [9.17, 15) is 0 Å². The lowest BCUT2D eigenvalue weighted by Crippen LogP contribution is -2.33. The van der Waals surface area contributed by atoms with E-state index in [-0.39, 0.29) is 0 Å². The second-order valence-electron chi connectivity index (χ2n) is 6.13. The number of aromatic nitrogens is 4. The maximum absolute atomic E-state index is 6.29. The number of hydrogen-bond acceptors (Lipinski definition) is 5. The summed E-state index contributed by atoms with van der Waals surface area (Å²) in [7, 11) is 0. The molecule has 3 heterocycles. The van der Waals surface area contributed by atoms with Crippen molar-refractivity contribution >= 4 is 5.82 Å². The highest BCUT2D eigenvalue weighted by molar-refractivity contribution is 5.49. The number of hydrogen-bond donors (Lipinski definition) is 1. The van der Waals surface area contributed by atoms with Gasteiger partial charge in [0.05, 0.1) is 11.4 Å². The topological polar surface area (TPSA) is 72.9 Å². The van der Waals surface area contributed by atoms with Crippen molar-refractivity contribution in [1.29, 1.82) is 0 Å². The van der Waals surface area contributed by atoms with Crippen molar-refractivity contribution in [2.24, 2.45) is 5.92 Å². The van der Waals surface area contributed by atoms with Gasteiger partial charge in [0.2, 0.25) is 0 Å². The minimum Gasteiger partial charge on any atom is -0.383 e. The Morgan fingerprint density at radius 3 is 2.76 bits per heavy atom. The number of nitrogens with two attached hydrogens (primary N) is 1. The molecule has 0 amide bonds. The van der Waals surface area contributed by atoms with E-state index in [1.807, 2.05) is 19.1 Å². The molecule has 0 radical (unpaired) electrons. The van der Waals surface area contributed by atoms with E-state index in [2.05, 4.69) is 34.0 Å². The zero-order chi connectivity index (χ0) is 15.0. The smallest absolute Gasteiger partial charge is 0.178 e. The molecule has 0 spiro atoms. The van der Waals surface area contributed by atoms with E-state index in [0.717, 1.165) is 43.0 Å². The molecular weight excluding hydrogens is 264 g/mol. The third kappa shape index (κ3) is 2.76. The van der Waals surface area contributed by atoms with E-state index < -0.39 is 0 Å². The van der Waals surface area contributed by atoms with E-state index >= 15 is 0 Å². The van der Waals surface area contributed by atoms with Crippen LogP contribution in [0, 0.1) is 12.8 Å². The summed E-state index contributed by atoms with van der Waals surface area (Å²) < 4.78 is 1.72. The third-order valence-corrected chi connectivity index (χ3v) is 3.78. The minimum absolute atomic E-state index is 0.658. The molecule has 112 valence electrons. The number of nitrogens with zero attached hydrogens (tertiary/aromatic N) is 5. The zero-order valence-corrected chi connectivity index (χ0v) is 12.9. The standard InChI is InChI=1S/C15H22N6/c1-10(2)8-20-7-6-13-12(9-20)15(16)21(19-13)14-5-4-11(3)17-18-14/h4-5,10H,6-9,16H2,1-3H3. The monoisotopic (exact) mass is 286 g/mol. The molecule has 0 saturated carbocycles. The van der Waals surface area contributed by atoms with E-state index in [0.29, 0.717) is 17.6 Å². The normalized spacial score (nSPS) is 15.4. The van der Waals surface area contributed by atoms with Crippen LogP contribution < -0.4 is 5.73 Å². The van der Waals surface area contributed by atoms with Crippen LogP contribution in [0.1, 0.15) is 30.8 Å². The summed E-state index contributed by atoms with van der Waals surface area (Å²) in [4.78, 5) is 2.44. The van der Waals surface area contributed by atoms with Crippen LogP contribution in [0.2, 0.25) is 0 Å². The number of anilines is 1. The Morgan fingerprint density at radius 1 is 1.29 bits per heavy atom. The largest absolute Gasteiger partial charge is 0.383 e. The highest BCUT2D eigenvalue weighted by atomic mass is 15.4. The first kappa shape index (κ1) is 14.0. The quantitative estimate of drug-likeness (QED) is 0.927. The van der Waals surface area contributed by atoms with Crippen molar-refractivity contribution in [2.45, 2.75) is 33.7 Å². The minimum atomic E-state index is 0.658. The fraction of sp³-hybridized carbons (Fsp3) is 0.533. The summed E-state index contributed by atoms with van der Waals surface area (Å²) >= 11 is 0. The predicted molar refractivity (Wildman–Crippen MR) is 82.1 cm³/mol. The van der Waals surface area contributed by atoms with Crippen molar-refractivity contribution in [3.05, 3.63) is 29.1 Å². The molecular formula is C15H22N6. The molecule has 21 heavy (non-hydrogen) atoms. The Kier molecular flexibility index (Phi) is 3.63. The van der Waals surface area contributed by atoms with Gasteiger partial charge in [0, 0.05) is 31.6 Å². The Hall–Kier alpha value is -1.95. The van der Waals surface area contributed by atoms with Crippen LogP contribution in [0.25, 0.3) is 5.82 Å². The second-order valence-corrected chi connectivity index (χ2v) is 6.13. The lowest BCUT2D eigenvalue weighted by Gasteiger charge is -2.27. The maximum Gasteiger partial charge on any atom is 0.178 e. The molecule has 1 aliphatic rings. The van der Waals surface area contributed by atoms with Crippen LogP contribution >= 0.6 is 0 Å². The van der Waals surface area contributed by atoms with Crippen LogP contribution in [0.15, 0.2) is 12.1 Å². The fourth-order valence-electron chi connectivity index (χ4n) is 2.80. The first-order valence-corrected chi connectivity index (χ1v) is 7.44. The van der Waals surface area contributed by atoms with Gasteiger partial charge >= 0.3 is 0 Å². The summed E-state index contributed by atoms with van der Waals surface area (Å²) in [6.45, 7) is 9.40. The molecule has 6 heteroatoms. The Bertz CT molecular complexity index is 628. The number of rotatable bonds is 3. The molecule has 3 rings (SSSR count). The van der Waals surface area contributed by atoms with Crippen molar-refractivity contribution in [2.75, 3.05) is 18.8 Å². The lowest BCUT2D eigenvalue weighted by atomic mass is 10.1. The Labute approximate surface area is 125 Å². The van der Waals surface area contributed by atoms with Gasteiger partial charge in [0.15, 0.2) is 5.82 Å². The molecule has 2 aromatic heterocycles. The highest BCUT2D eigenvalue weighted by Gasteiger charge is 2.24. The van der Waals surface area contributed by atoms with Gasteiger partial charge in [-0.15, -0.1) is 5.10 Å². The van der Waals surface area contributed by atoms with Crippen molar-refractivity contribution in [1.82, 2.24) is 24.9 Å². The Morgan fingerprint density at radius 2 is 2.10 bits per heavy atom. The molecule has 2 N–H and O–H groups in total. The summed E-state index contributed by atoms with van der Waals surface area (Å²) in [5, 5.41) is 12.9. The van der Waals surface area contributed by atoms with Crippen molar-refractivity contribution < 1.29 is 0 Å². The molecule has 0 atom stereocenters. The summed E-state index contributed by atoms with van der Waals surface area (Å²) in [6, 6.07) is 3.83. The van der Waals surface area contributed by atoms with Crippen LogP contribution in [0.4, 0.5) is 5.82 Å². The molecule has 1 aliphatic heterocycles. The average Bonchev–Trinajstić information content (AvgIpc) is 2.76. The molecule has 0 aromatic carbocycles. The SMILES string of the molecule is Cc1ccc(-n2nc3c(c2N)CN(CC(C)C)CC3)nn1. The molecule has 0 aliphatic carbocycles. The van der Waals surface area contributed by atoms with E-state index in [4.69, 9.17) is 5.73 Å². The summed E-state index contributed by atoms with van der Waals surface area (Å²) in [5.74, 6) is 2.03. The number of fused-ring (bicyclic) bond motifs is 1. The van der Waals surface area contributed by atoms with Crippen molar-refractivity contribution in [3.8, 4) is 5.82 Å². The maximum atomic E-state index is 6.29. The average molecular weight is 286 g/mol. The van der Waals surface area contributed by atoms with Crippen LogP contribution in [0.3, 0.4) is 0 Å². The summed E-state index contributed by atoms with van der Waals surface area (Å²) in [5.41, 5.74) is 9.42. The van der Waals surface area contributed by atoms with Gasteiger partial charge in [-0.1, -0.05) is 13.8 Å². The molecule has 0 saturated heterocycles. The van der Waals surface area contributed by atoms with Gasteiger partial charge < -0.3 is 5.73 Å². The van der Waals surface area contributed by atoms with Crippen molar-refractivity contribution in [3.63, 3.8) is 0 Å². The first-order chi connectivity index (χ1) is 10.0. The first-order valence-electron chi connectivity index (χ1n) is 7.44. The van der Waals surface area contributed by atoms with Crippen LogP contribution in [0.5, 0.6) is 0 Å². The molecule has 0 unspecified atom stereocenters. The predicted octanol–water partition coefficient (Wildman–Crippen LogP) is 1.57. The van der Waals surface area contributed by atoms with E-state index in [1.54, 1.807) is 4.68 Å². The number of nitrogen functional groups attached to an aromatic ring is 1. The highest BCUT2D eigenvalue weighted by Crippen LogP contribution is 2.26.